The van der Waals surface area contributed by atoms with Gasteiger partial charge in [0, 0.05) is 26.8 Å². The molecule has 0 spiro atoms. The van der Waals surface area contributed by atoms with E-state index in [9.17, 15) is 4.79 Å². The van der Waals surface area contributed by atoms with Gasteiger partial charge in [-0.1, -0.05) is 0 Å². The molecule has 0 fully saturated rings. The lowest BCUT2D eigenvalue weighted by Crippen LogP contribution is -2.34. The predicted octanol–water partition coefficient (Wildman–Crippen LogP) is 0.466. The Morgan fingerprint density at radius 2 is 2.29 bits per heavy atom. The number of rotatable bonds is 5. The van der Waals surface area contributed by atoms with E-state index in [4.69, 9.17) is 10.5 Å². The van der Waals surface area contributed by atoms with Crippen LogP contribution in [0.4, 0.5) is 5.69 Å². The van der Waals surface area contributed by atoms with E-state index in [1.165, 1.54) is 4.68 Å². The summed E-state index contributed by atoms with van der Waals surface area (Å²) in [5, 5.41) is 6.97. The highest BCUT2D eigenvalue weighted by Gasteiger charge is 2.19. The molecule has 96 valence electrons. The molecule has 0 aliphatic heterocycles. The summed E-state index contributed by atoms with van der Waals surface area (Å²) < 4.78 is 6.46. The molecule has 1 unspecified atom stereocenters. The predicted molar refractivity (Wildman–Crippen MR) is 65.8 cm³/mol. The van der Waals surface area contributed by atoms with Crippen molar-refractivity contribution < 1.29 is 9.53 Å². The maximum Gasteiger partial charge on any atom is 0.271 e. The van der Waals surface area contributed by atoms with E-state index in [-0.39, 0.29) is 11.9 Å². The Bertz CT molecular complexity index is 400. The fourth-order valence-corrected chi connectivity index (χ4v) is 1.60. The molecule has 1 atom stereocenters. The molecule has 17 heavy (non-hydrogen) atoms. The number of carbonyl (C=O) groups excluding carboxylic acids is 1. The van der Waals surface area contributed by atoms with Crippen molar-refractivity contribution in [1.82, 2.24) is 15.1 Å². The summed E-state index contributed by atoms with van der Waals surface area (Å²) >= 11 is 0. The third-order valence-corrected chi connectivity index (χ3v) is 2.62. The van der Waals surface area contributed by atoms with Crippen molar-refractivity contribution in [3.8, 4) is 0 Å². The van der Waals surface area contributed by atoms with Crippen molar-refractivity contribution >= 4 is 11.6 Å². The monoisotopic (exact) mass is 240 g/mol. The zero-order valence-electron chi connectivity index (χ0n) is 10.8. The van der Waals surface area contributed by atoms with Crippen LogP contribution in [0.25, 0.3) is 0 Å². The van der Waals surface area contributed by atoms with Gasteiger partial charge in [-0.3, -0.25) is 9.48 Å². The number of hydrogen-bond donors (Lipinski definition) is 2. The van der Waals surface area contributed by atoms with E-state index in [1.54, 1.807) is 21.1 Å². The summed E-state index contributed by atoms with van der Waals surface area (Å²) in [6, 6.07) is 0.0389. The van der Waals surface area contributed by atoms with Gasteiger partial charge in [0.25, 0.3) is 5.91 Å². The lowest BCUT2D eigenvalue weighted by Gasteiger charge is -2.13. The molecular formula is C11H20N4O2. The van der Waals surface area contributed by atoms with Crippen LogP contribution in [0.2, 0.25) is 0 Å². The summed E-state index contributed by atoms with van der Waals surface area (Å²) in [5.41, 5.74) is 7.32. The first-order chi connectivity index (χ1) is 7.97. The van der Waals surface area contributed by atoms with Gasteiger partial charge >= 0.3 is 0 Å². The number of methoxy groups -OCH3 is 1. The number of aryl methyl sites for hydroxylation is 2. The van der Waals surface area contributed by atoms with Crippen LogP contribution < -0.4 is 11.1 Å². The Morgan fingerprint density at radius 3 is 2.76 bits per heavy atom. The van der Waals surface area contributed by atoms with Gasteiger partial charge in [0.05, 0.1) is 11.4 Å². The Balaban J connectivity index is 2.70. The normalized spacial score (nSPS) is 12.5. The van der Waals surface area contributed by atoms with Gasteiger partial charge in [0.1, 0.15) is 5.69 Å². The molecular weight excluding hydrogens is 220 g/mol. The van der Waals surface area contributed by atoms with Crippen molar-refractivity contribution in [2.75, 3.05) is 19.5 Å². The van der Waals surface area contributed by atoms with Gasteiger partial charge in [-0.25, -0.2) is 0 Å². The molecule has 3 N–H and O–H groups in total. The fourth-order valence-electron chi connectivity index (χ4n) is 1.60. The van der Waals surface area contributed by atoms with Gasteiger partial charge in [-0.05, 0) is 20.3 Å². The number of anilines is 1. The molecule has 1 heterocycles. The zero-order valence-corrected chi connectivity index (χ0v) is 10.8. The van der Waals surface area contributed by atoms with Gasteiger partial charge in [-0.15, -0.1) is 0 Å². The number of amides is 1. The van der Waals surface area contributed by atoms with Crippen molar-refractivity contribution in [2.24, 2.45) is 7.05 Å². The van der Waals surface area contributed by atoms with Crippen molar-refractivity contribution in [2.45, 2.75) is 26.3 Å². The number of nitrogen functional groups attached to an aromatic ring is 1. The first-order valence-corrected chi connectivity index (χ1v) is 5.56. The third-order valence-electron chi connectivity index (χ3n) is 2.62. The topological polar surface area (TPSA) is 82.2 Å². The van der Waals surface area contributed by atoms with E-state index in [1.807, 2.05) is 6.92 Å². The average Bonchev–Trinajstić information content (AvgIpc) is 2.50. The molecule has 0 aliphatic rings. The van der Waals surface area contributed by atoms with Crippen LogP contribution >= 0.6 is 0 Å². The SMILES string of the molecule is COCCC(C)NC(=O)c1c(N)c(C)nn1C. The number of ether oxygens (including phenoxy) is 1. The first kappa shape index (κ1) is 13.5. The van der Waals surface area contributed by atoms with Crippen molar-refractivity contribution in [3.05, 3.63) is 11.4 Å². The molecule has 6 nitrogen and oxygen atoms in total. The van der Waals surface area contributed by atoms with E-state index in [2.05, 4.69) is 10.4 Å². The average molecular weight is 240 g/mol. The van der Waals surface area contributed by atoms with E-state index < -0.39 is 0 Å². The molecule has 0 radical (unpaired) electrons. The fraction of sp³-hybridized carbons (Fsp3) is 0.636. The smallest absolute Gasteiger partial charge is 0.271 e. The lowest BCUT2D eigenvalue weighted by molar-refractivity contribution is 0.0921. The Morgan fingerprint density at radius 1 is 1.65 bits per heavy atom. The quantitative estimate of drug-likeness (QED) is 0.783. The standard InChI is InChI=1S/C11H20N4O2/c1-7(5-6-17-4)13-11(16)10-9(12)8(2)14-15(10)3/h7H,5-6,12H2,1-4H3,(H,13,16). The van der Waals surface area contributed by atoms with Crippen molar-refractivity contribution in [1.29, 1.82) is 0 Å². The Labute approximate surface area is 101 Å². The molecule has 6 heteroatoms. The summed E-state index contributed by atoms with van der Waals surface area (Å²) in [7, 11) is 3.34. The number of nitrogens with two attached hydrogens (primary N) is 1. The van der Waals surface area contributed by atoms with Crippen LogP contribution in [-0.4, -0.2) is 35.4 Å². The minimum atomic E-state index is -0.200. The number of nitrogens with one attached hydrogen (secondary N) is 1. The van der Waals surface area contributed by atoms with Gasteiger partial charge in [0.15, 0.2) is 0 Å². The maximum atomic E-state index is 12.0. The van der Waals surface area contributed by atoms with Gasteiger partial charge in [-0.2, -0.15) is 5.10 Å². The molecule has 0 saturated heterocycles. The summed E-state index contributed by atoms with van der Waals surface area (Å²) in [6.45, 7) is 4.32. The van der Waals surface area contributed by atoms with Crippen molar-refractivity contribution in [3.63, 3.8) is 0 Å². The minimum Gasteiger partial charge on any atom is -0.395 e. The highest BCUT2D eigenvalue weighted by molar-refractivity contribution is 5.98. The minimum absolute atomic E-state index is 0.0389. The van der Waals surface area contributed by atoms with Crippen LogP contribution in [0.3, 0.4) is 0 Å². The van der Waals surface area contributed by atoms with Crippen LogP contribution in [0.15, 0.2) is 0 Å². The highest BCUT2D eigenvalue weighted by atomic mass is 16.5. The first-order valence-electron chi connectivity index (χ1n) is 5.56. The third kappa shape index (κ3) is 3.20. The Hall–Kier alpha value is -1.56. The van der Waals surface area contributed by atoms with Crippen LogP contribution in [0.5, 0.6) is 0 Å². The number of nitrogens with zero attached hydrogens (tertiary/aromatic N) is 2. The molecule has 1 aromatic heterocycles. The van der Waals surface area contributed by atoms with E-state index in [0.717, 1.165) is 6.42 Å². The van der Waals surface area contributed by atoms with Crippen LogP contribution in [0.1, 0.15) is 29.5 Å². The summed E-state index contributed by atoms with van der Waals surface area (Å²) in [6.07, 6.45) is 0.763. The maximum absolute atomic E-state index is 12.0. The molecule has 1 aromatic rings. The van der Waals surface area contributed by atoms with Gasteiger partial charge in [0.2, 0.25) is 0 Å². The van der Waals surface area contributed by atoms with Crippen LogP contribution in [0, 0.1) is 6.92 Å². The second kappa shape index (κ2) is 5.67. The molecule has 1 rings (SSSR count). The Kier molecular flexibility index (Phi) is 4.51. The molecule has 0 bridgehead atoms. The van der Waals surface area contributed by atoms with Gasteiger partial charge < -0.3 is 15.8 Å². The van der Waals surface area contributed by atoms with Crippen LogP contribution in [-0.2, 0) is 11.8 Å². The largest absolute Gasteiger partial charge is 0.395 e. The number of hydrogen-bond acceptors (Lipinski definition) is 4. The molecule has 0 aromatic carbocycles. The highest BCUT2D eigenvalue weighted by Crippen LogP contribution is 2.15. The second-order valence-corrected chi connectivity index (χ2v) is 4.13. The molecule has 0 saturated carbocycles. The lowest BCUT2D eigenvalue weighted by atomic mass is 10.2. The zero-order chi connectivity index (χ0) is 13.0. The number of carbonyl (C=O) groups is 1. The number of aromatic nitrogens is 2. The second-order valence-electron chi connectivity index (χ2n) is 4.13. The summed E-state index contributed by atoms with van der Waals surface area (Å²) in [5.74, 6) is -0.200. The molecule has 1 amide bonds. The summed E-state index contributed by atoms with van der Waals surface area (Å²) in [4.78, 5) is 12.0. The van der Waals surface area contributed by atoms with E-state index in [0.29, 0.717) is 23.7 Å². The van der Waals surface area contributed by atoms with E-state index >= 15 is 0 Å². The molecule has 0 aliphatic carbocycles.